The van der Waals surface area contributed by atoms with Crippen LogP contribution in [0.15, 0.2) is 24.3 Å². The maximum Gasteiger partial charge on any atom is 0.124 e. The third-order valence-corrected chi connectivity index (χ3v) is 4.09. The van der Waals surface area contributed by atoms with Crippen molar-refractivity contribution in [2.75, 3.05) is 6.54 Å². The molecule has 4 heteroatoms. The molecule has 1 aromatic heterocycles. The van der Waals surface area contributed by atoms with E-state index in [1.807, 2.05) is 6.07 Å². The first-order valence-electron chi connectivity index (χ1n) is 6.69. The molecule has 0 aliphatic heterocycles. The fourth-order valence-corrected chi connectivity index (χ4v) is 2.95. The summed E-state index contributed by atoms with van der Waals surface area (Å²) >= 11 is 1.65. The molecule has 0 radical (unpaired) electrons. The topological polar surface area (TPSA) is 24.1 Å². The van der Waals surface area contributed by atoms with Gasteiger partial charge in [-0.25, -0.2) is 4.39 Å². The van der Waals surface area contributed by atoms with Crippen molar-refractivity contribution in [3.05, 3.63) is 35.0 Å². The Kier molecular flexibility index (Phi) is 4.91. The molecule has 0 saturated heterocycles. The van der Waals surface area contributed by atoms with Crippen LogP contribution in [0.25, 0.3) is 10.1 Å². The van der Waals surface area contributed by atoms with Crippen LogP contribution >= 0.6 is 11.3 Å². The molecule has 1 unspecified atom stereocenters. The van der Waals surface area contributed by atoms with Crippen molar-refractivity contribution < 1.29 is 4.39 Å². The monoisotopic (exact) mass is 280 g/mol. The molecule has 0 spiro atoms. The minimum absolute atomic E-state index is 0.164. The van der Waals surface area contributed by atoms with Gasteiger partial charge in [-0.1, -0.05) is 19.9 Å². The fraction of sp³-hybridized carbons (Fsp3) is 0.467. The molecule has 1 atom stereocenters. The number of rotatable bonds is 6. The first kappa shape index (κ1) is 14.4. The Balaban J connectivity index is 1.90. The van der Waals surface area contributed by atoms with Gasteiger partial charge in [0.25, 0.3) is 0 Å². The molecule has 2 rings (SSSR count). The molecular formula is C15H21FN2S. The Morgan fingerprint density at radius 2 is 1.95 bits per heavy atom. The lowest BCUT2D eigenvalue weighted by Gasteiger charge is -2.15. The van der Waals surface area contributed by atoms with E-state index in [-0.39, 0.29) is 5.82 Å². The highest BCUT2D eigenvalue weighted by Gasteiger charge is 2.06. The number of fused-ring (bicyclic) bond motifs is 1. The van der Waals surface area contributed by atoms with Crippen LogP contribution in [0.4, 0.5) is 4.39 Å². The zero-order valence-electron chi connectivity index (χ0n) is 11.7. The lowest BCUT2D eigenvalue weighted by molar-refractivity contribution is 0.475. The zero-order chi connectivity index (χ0) is 13.8. The second kappa shape index (κ2) is 6.46. The molecule has 2 N–H and O–H groups in total. The molecule has 0 bridgehead atoms. The van der Waals surface area contributed by atoms with Crippen molar-refractivity contribution in [2.45, 2.75) is 39.4 Å². The van der Waals surface area contributed by atoms with Crippen LogP contribution < -0.4 is 10.6 Å². The SMILES string of the molecule is CC(C)NCC(C)NCc1cc2ccc(F)cc2s1. The molecule has 0 aliphatic rings. The Hall–Kier alpha value is -0.970. The van der Waals surface area contributed by atoms with Crippen molar-refractivity contribution in [2.24, 2.45) is 0 Å². The van der Waals surface area contributed by atoms with Gasteiger partial charge in [-0.15, -0.1) is 11.3 Å². The first-order chi connectivity index (χ1) is 9.04. The van der Waals surface area contributed by atoms with Crippen molar-refractivity contribution in [1.29, 1.82) is 0 Å². The predicted octanol–water partition coefficient (Wildman–Crippen LogP) is 3.52. The lowest BCUT2D eigenvalue weighted by atomic mass is 10.2. The molecule has 2 nitrogen and oxygen atoms in total. The molecule has 1 aromatic carbocycles. The molecule has 2 aromatic rings. The van der Waals surface area contributed by atoms with Gasteiger partial charge in [0.1, 0.15) is 5.82 Å². The third-order valence-electron chi connectivity index (χ3n) is 2.99. The Morgan fingerprint density at radius 1 is 1.16 bits per heavy atom. The minimum Gasteiger partial charge on any atom is -0.313 e. The summed E-state index contributed by atoms with van der Waals surface area (Å²) in [7, 11) is 0. The van der Waals surface area contributed by atoms with E-state index in [9.17, 15) is 4.39 Å². The van der Waals surface area contributed by atoms with Crippen molar-refractivity contribution in [3.8, 4) is 0 Å². The smallest absolute Gasteiger partial charge is 0.124 e. The highest BCUT2D eigenvalue weighted by atomic mass is 32.1. The Morgan fingerprint density at radius 3 is 2.68 bits per heavy atom. The summed E-state index contributed by atoms with van der Waals surface area (Å²) in [6, 6.07) is 8.03. The van der Waals surface area contributed by atoms with Crippen LogP contribution in [0.3, 0.4) is 0 Å². The van der Waals surface area contributed by atoms with Gasteiger partial charge in [0, 0.05) is 34.8 Å². The van der Waals surface area contributed by atoms with E-state index in [1.165, 1.54) is 10.9 Å². The highest BCUT2D eigenvalue weighted by Crippen LogP contribution is 2.26. The summed E-state index contributed by atoms with van der Waals surface area (Å²) < 4.78 is 14.1. The van der Waals surface area contributed by atoms with E-state index in [0.29, 0.717) is 12.1 Å². The second-order valence-corrected chi connectivity index (χ2v) is 6.41. The predicted molar refractivity (Wildman–Crippen MR) is 81.2 cm³/mol. The van der Waals surface area contributed by atoms with E-state index in [2.05, 4.69) is 37.5 Å². The summed E-state index contributed by atoms with van der Waals surface area (Å²) in [6.45, 7) is 8.25. The second-order valence-electron chi connectivity index (χ2n) is 5.24. The van der Waals surface area contributed by atoms with Gasteiger partial charge in [-0.3, -0.25) is 0 Å². The van der Waals surface area contributed by atoms with Gasteiger partial charge >= 0.3 is 0 Å². The quantitative estimate of drug-likeness (QED) is 0.846. The van der Waals surface area contributed by atoms with E-state index in [1.54, 1.807) is 17.4 Å². The summed E-state index contributed by atoms with van der Waals surface area (Å²) in [4.78, 5) is 1.25. The molecular weight excluding hydrogens is 259 g/mol. The van der Waals surface area contributed by atoms with Crippen molar-refractivity contribution >= 4 is 21.4 Å². The minimum atomic E-state index is -0.164. The number of halogens is 1. The molecule has 0 fully saturated rings. The van der Waals surface area contributed by atoms with Gasteiger partial charge in [0.05, 0.1) is 0 Å². The average molecular weight is 280 g/mol. The number of hydrogen-bond donors (Lipinski definition) is 2. The van der Waals surface area contributed by atoms with Gasteiger partial charge in [-0.05, 0) is 30.5 Å². The van der Waals surface area contributed by atoms with Crippen molar-refractivity contribution in [1.82, 2.24) is 10.6 Å². The van der Waals surface area contributed by atoms with E-state index >= 15 is 0 Å². The van der Waals surface area contributed by atoms with Crippen LogP contribution in [-0.4, -0.2) is 18.6 Å². The molecule has 19 heavy (non-hydrogen) atoms. The van der Waals surface area contributed by atoms with Crippen LogP contribution in [0.5, 0.6) is 0 Å². The molecule has 0 aliphatic carbocycles. The zero-order valence-corrected chi connectivity index (χ0v) is 12.5. The van der Waals surface area contributed by atoms with E-state index < -0.39 is 0 Å². The highest BCUT2D eigenvalue weighted by molar-refractivity contribution is 7.19. The summed E-state index contributed by atoms with van der Waals surface area (Å²) in [5, 5.41) is 8.01. The fourth-order valence-electron chi connectivity index (χ4n) is 1.91. The number of nitrogens with one attached hydrogen (secondary N) is 2. The Labute approximate surface area is 118 Å². The van der Waals surface area contributed by atoms with Gasteiger partial charge in [0.15, 0.2) is 0 Å². The van der Waals surface area contributed by atoms with Gasteiger partial charge in [-0.2, -0.15) is 0 Å². The molecule has 1 heterocycles. The van der Waals surface area contributed by atoms with Gasteiger partial charge in [0.2, 0.25) is 0 Å². The number of benzene rings is 1. The van der Waals surface area contributed by atoms with Crippen LogP contribution in [0, 0.1) is 5.82 Å². The molecule has 104 valence electrons. The van der Waals surface area contributed by atoms with E-state index in [4.69, 9.17) is 0 Å². The number of thiophene rings is 1. The maximum atomic E-state index is 13.1. The standard InChI is InChI=1S/C15H21FN2S/c1-10(2)17-8-11(3)18-9-14-6-12-4-5-13(16)7-15(12)19-14/h4-7,10-11,17-18H,8-9H2,1-3H3. The van der Waals surface area contributed by atoms with Gasteiger partial charge < -0.3 is 10.6 Å². The van der Waals surface area contributed by atoms with Crippen LogP contribution in [-0.2, 0) is 6.54 Å². The van der Waals surface area contributed by atoms with Crippen LogP contribution in [0.2, 0.25) is 0 Å². The number of hydrogen-bond acceptors (Lipinski definition) is 3. The largest absolute Gasteiger partial charge is 0.313 e. The van der Waals surface area contributed by atoms with Crippen LogP contribution in [0.1, 0.15) is 25.6 Å². The van der Waals surface area contributed by atoms with E-state index in [0.717, 1.165) is 23.2 Å². The Bertz CT molecular complexity index is 536. The normalized spacial score (nSPS) is 13.3. The maximum absolute atomic E-state index is 13.1. The molecule has 0 saturated carbocycles. The lowest BCUT2D eigenvalue weighted by Crippen LogP contribution is -2.38. The van der Waals surface area contributed by atoms with Crippen molar-refractivity contribution in [3.63, 3.8) is 0 Å². The first-order valence-corrected chi connectivity index (χ1v) is 7.51. The summed E-state index contributed by atoms with van der Waals surface area (Å²) in [6.07, 6.45) is 0. The average Bonchev–Trinajstić information content (AvgIpc) is 2.75. The third kappa shape index (κ3) is 4.27. The summed E-state index contributed by atoms with van der Waals surface area (Å²) in [5.74, 6) is -0.164. The summed E-state index contributed by atoms with van der Waals surface area (Å²) in [5.41, 5.74) is 0. The molecule has 0 amide bonds.